The zero-order valence-corrected chi connectivity index (χ0v) is 16.1. The molecule has 1 aliphatic heterocycles. The number of nitrogens with zero attached hydrogens (tertiary/aromatic N) is 2. The molecular formula is C19H15ClN2O2S2. The van der Waals surface area contributed by atoms with E-state index in [2.05, 4.69) is 16.0 Å². The van der Waals surface area contributed by atoms with E-state index in [0.29, 0.717) is 6.79 Å². The molecule has 26 heavy (non-hydrogen) atoms. The van der Waals surface area contributed by atoms with Crippen LogP contribution in [-0.4, -0.2) is 16.8 Å². The van der Waals surface area contributed by atoms with E-state index in [-0.39, 0.29) is 0 Å². The second-order valence-electron chi connectivity index (χ2n) is 5.55. The van der Waals surface area contributed by atoms with Crippen LogP contribution in [0.4, 0.5) is 0 Å². The molecule has 0 saturated carbocycles. The maximum Gasteiger partial charge on any atom is 0.231 e. The highest BCUT2D eigenvalue weighted by Crippen LogP contribution is 2.34. The fourth-order valence-electron chi connectivity index (χ4n) is 2.44. The lowest BCUT2D eigenvalue weighted by atomic mass is 10.2. The van der Waals surface area contributed by atoms with E-state index in [1.165, 1.54) is 5.56 Å². The number of halogens is 1. The third-order valence-electron chi connectivity index (χ3n) is 3.77. The molecule has 0 amide bonds. The summed E-state index contributed by atoms with van der Waals surface area (Å²) >= 11 is 9.54. The number of hydrogen-bond acceptors (Lipinski definition) is 6. The first-order valence-corrected chi connectivity index (χ1v) is 10.3. The summed E-state index contributed by atoms with van der Waals surface area (Å²) in [6.45, 7) is 0.295. The summed E-state index contributed by atoms with van der Waals surface area (Å²) in [4.78, 5) is 8.70. The van der Waals surface area contributed by atoms with Gasteiger partial charge in [-0.15, -0.1) is 23.5 Å². The van der Waals surface area contributed by atoms with Crippen molar-refractivity contribution in [2.45, 2.75) is 21.6 Å². The molecule has 3 aromatic rings. The fraction of sp³-hybridized carbons (Fsp3) is 0.158. The predicted octanol–water partition coefficient (Wildman–Crippen LogP) is 5.44. The Hall–Kier alpha value is -1.89. The van der Waals surface area contributed by atoms with Gasteiger partial charge in [-0.25, -0.2) is 9.97 Å². The maximum atomic E-state index is 6.21. The van der Waals surface area contributed by atoms with Crippen molar-refractivity contribution in [3.8, 4) is 11.5 Å². The first kappa shape index (κ1) is 17.5. The number of hydrogen-bond donors (Lipinski definition) is 0. The van der Waals surface area contributed by atoms with Gasteiger partial charge in [-0.05, 0) is 29.3 Å². The summed E-state index contributed by atoms with van der Waals surface area (Å²) < 4.78 is 10.8. The van der Waals surface area contributed by atoms with Gasteiger partial charge >= 0.3 is 0 Å². The number of benzene rings is 2. The molecule has 0 fully saturated rings. The van der Waals surface area contributed by atoms with Crippen molar-refractivity contribution < 1.29 is 9.47 Å². The highest BCUT2D eigenvalue weighted by atomic mass is 35.5. The molecule has 0 atom stereocenters. The molecule has 4 nitrogen and oxygen atoms in total. The quantitative estimate of drug-likeness (QED) is 0.404. The van der Waals surface area contributed by atoms with E-state index in [1.54, 1.807) is 29.9 Å². The zero-order chi connectivity index (χ0) is 17.8. The van der Waals surface area contributed by atoms with Gasteiger partial charge in [0.25, 0.3) is 0 Å². The van der Waals surface area contributed by atoms with Crippen molar-refractivity contribution in [1.29, 1.82) is 0 Å². The van der Waals surface area contributed by atoms with Crippen molar-refractivity contribution >= 4 is 35.1 Å². The predicted molar refractivity (Wildman–Crippen MR) is 105 cm³/mol. The molecule has 132 valence electrons. The summed E-state index contributed by atoms with van der Waals surface area (Å²) in [7, 11) is 0. The Morgan fingerprint density at radius 2 is 1.65 bits per heavy atom. The van der Waals surface area contributed by atoms with Gasteiger partial charge < -0.3 is 9.47 Å². The van der Waals surface area contributed by atoms with Crippen LogP contribution in [-0.2, 0) is 11.5 Å². The van der Waals surface area contributed by atoms with Crippen LogP contribution in [0.15, 0.2) is 64.9 Å². The van der Waals surface area contributed by atoms with Crippen LogP contribution >= 0.6 is 35.1 Å². The summed E-state index contributed by atoms with van der Waals surface area (Å²) in [5.41, 5.74) is 2.27. The van der Waals surface area contributed by atoms with Crippen LogP contribution in [0.3, 0.4) is 0 Å². The molecule has 7 heteroatoms. The molecule has 0 aliphatic carbocycles. The number of ether oxygens (including phenoxy) is 2. The van der Waals surface area contributed by atoms with Crippen molar-refractivity contribution in [3.05, 3.63) is 71.0 Å². The van der Waals surface area contributed by atoms with Gasteiger partial charge in [0.2, 0.25) is 6.79 Å². The van der Waals surface area contributed by atoms with Crippen LogP contribution in [0.25, 0.3) is 0 Å². The van der Waals surface area contributed by atoms with E-state index < -0.39 is 0 Å². The van der Waals surface area contributed by atoms with Gasteiger partial charge in [-0.3, -0.25) is 0 Å². The van der Waals surface area contributed by atoms with Crippen molar-refractivity contribution in [3.63, 3.8) is 0 Å². The molecule has 0 radical (unpaired) electrons. The number of thioether (sulfide) groups is 2. The molecular weight excluding hydrogens is 388 g/mol. The average molecular weight is 403 g/mol. The summed E-state index contributed by atoms with van der Waals surface area (Å²) in [5.74, 6) is 3.20. The zero-order valence-electron chi connectivity index (χ0n) is 13.7. The Morgan fingerprint density at radius 3 is 2.50 bits per heavy atom. The van der Waals surface area contributed by atoms with Crippen LogP contribution < -0.4 is 9.47 Å². The highest BCUT2D eigenvalue weighted by molar-refractivity contribution is 7.99. The van der Waals surface area contributed by atoms with E-state index in [9.17, 15) is 0 Å². The Balaban J connectivity index is 1.37. The Bertz CT molecular complexity index is 924. The van der Waals surface area contributed by atoms with Crippen LogP contribution in [0.5, 0.6) is 11.5 Å². The van der Waals surface area contributed by atoms with Crippen LogP contribution in [0.1, 0.15) is 11.1 Å². The van der Waals surface area contributed by atoms with Gasteiger partial charge in [-0.2, -0.15) is 0 Å². The third kappa shape index (κ3) is 4.26. The largest absolute Gasteiger partial charge is 0.454 e. The van der Waals surface area contributed by atoms with Crippen LogP contribution in [0.2, 0.25) is 5.02 Å². The average Bonchev–Trinajstić information content (AvgIpc) is 3.14. The Morgan fingerprint density at radius 1 is 0.885 bits per heavy atom. The van der Waals surface area contributed by atoms with Crippen LogP contribution in [0, 0.1) is 0 Å². The number of aromatic nitrogens is 2. The second kappa shape index (κ2) is 8.20. The smallest absolute Gasteiger partial charge is 0.231 e. The first-order chi connectivity index (χ1) is 12.8. The SMILES string of the molecule is Clc1ccccc1CSc1cc(SCc2ccc3c(c2)OCO3)ncn1. The summed E-state index contributed by atoms with van der Waals surface area (Å²) in [6.07, 6.45) is 1.61. The molecule has 0 unspecified atom stereocenters. The minimum atomic E-state index is 0.295. The summed E-state index contributed by atoms with van der Waals surface area (Å²) in [6, 6.07) is 15.9. The fourth-order valence-corrected chi connectivity index (χ4v) is 4.47. The van der Waals surface area contributed by atoms with E-state index in [4.69, 9.17) is 21.1 Å². The molecule has 0 spiro atoms. The van der Waals surface area contributed by atoms with E-state index in [0.717, 1.165) is 43.6 Å². The molecule has 2 aromatic carbocycles. The van der Waals surface area contributed by atoms with E-state index >= 15 is 0 Å². The first-order valence-electron chi connectivity index (χ1n) is 7.97. The molecule has 4 rings (SSSR count). The molecule has 0 bridgehead atoms. The minimum Gasteiger partial charge on any atom is -0.454 e. The van der Waals surface area contributed by atoms with Gasteiger partial charge in [0.05, 0.1) is 0 Å². The Kier molecular flexibility index (Phi) is 5.53. The normalized spacial score (nSPS) is 12.3. The minimum absolute atomic E-state index is 0.295. The standard InChI is InChI=1S/C19H15ClN2O2S2/c20-15-4-2-1-3-14(15)10-26-19-8-18(21-11-22-19)25-9-13-5-6-16-17(7-13)24-12-23-16/h1-8,11H,9-10,12H2. The lowest BCUT2D eigenvalue weighted by Gasteiger charge is -2.06. The molecule has 2 heterocycles. The van der Waals surface area contributed by atoms with Gasteiger partial charge in [0, 0.05) is 22.6 Å². The summed E-state index contributed by atoms with van der Waals surface area (Å²) in [5, 5.41) is 2.67. The highest BCUT2D eigenvalue weighted by Gasteiger charge is 2.13. The van der Waals surface area contributed by atoms with Gasteiger partial charge in [-0.1, -0.05) is 35.9 Å². The molecule has 0 saturated heterocycles. The second-order valence-corrected chi connectivity index (χ2v) is 7.95. The van der Waals surface area contributed by atoms with Gasteiger partial charge in [0.1, 0.15) is 16.4 Å². The molecule has 1 aromatic heterocycles. The topological polar surface area (TPSA) is 44.2 Å². The Labute approximate surface area is 165 Å². The number of fused-ring (bicyclic) bond motifs is 1. The lowest BCUT2D eigenvalue weighted by Crippen LogP contribution is -1.92. The van der Waals surface area contributed by atoms with Crippen molar-refractivity contribution in [2.75, 3.05) is 6.79 Å². The van der Waals surface area contributed by atoms with E-state index in [1.807, 2.05) is 42.5 Å². The molecule has 0 N–H and O–H groups in total. The maximum absolute atomic E-state index is 6.21. The lowest BCUT2D eigenvalue weighted by molar-refractivity contribution is 0.174. The third-order valence-corrected chi connectivity index (χ3v) is 6.11. The van der Waals surface area contributed by atoms with Crippen molar-refractivity contribution in [1.82, 2.24) is 9.97 Å². The monoisotopic (exact) mass is 402 g/mol. The molecule has 1 aliphatic rings. The number of rotatable bonds is 6. The van der Waals surface area contributed by atoms with Gasteiger partial charge in [0.15, 0.2) is 11.5 Å². The van der Waals surface area contributed by atoms with Crippen molar-refractivity contribution in [2.24, 2.45) is 0 Å².